The molecule has 0 saturated carbocycles. The molecule has 2 aromatic carbocycles. The molecule has 0 aromatic heterocycles. The summed E-state index contributed by atoms with van der Waals surface area (Å²) in [5, 5.41) is 12.3. The summed E-state index contributed by atoms with van der Waals surface area (Å²) >= 11 is 0. The molecule has 0 spiro atoms. The van der Waals surface area contributed by atoms with Crippen LogP contribution in [-0.2, 0) is 0 Å². The molecule has 0 atom stereocenters. The smallest absolute Gasteiger partial charge is 0.259 e. The van der Waals surface area contributed by atoms with Crippen molar-refractivity contribution >= 4 is 17.3 Å². The van der Waals surface area contributed by atoms with Crippen LogP contribution in [0.1, 0.15) is 15.9 Å². The van der Waals surface area contributed by atoms with E-state index in [-0.39, 0.29) is 11.3 Å². The minimum atomic E-state index is -0.573. The van der Waals surface area contributed by atoms with E-state index in [9.17, 15) is 14.3 Å². The van der Waals surface area contributed by atoms with Crippen LogP contribution in [-0.4, -0.2) is 25.1 Å². The van der Waals surface area contributed by atoms with E-state index in [0.717, 1.165) is 29.4 Å². The van der Waals surface area contributed by atoms with Gasteiger partial charge in [-0.2, -0.15) is 0 Å². The Morgan fingerprint density at radius 3 is 2.57 bits per heavy atom. The highest BCUT2D eigenvalue weighted by Gasteiger charge is 2.13. The summed E-state index contributed by atoms with van der Waals surface area (Å²) in [6.45, 7) is 1.97. The van der Waals surface area contributed by atoms with Crippen LogP contribution in [0.25, 0.3) is 0 Å². The van der Waals surface area contributed by atoms with Gasteiger partial charge < -0.3 is 15.3 Å². The number of amides is 1. The van der Waals surface area contributed by atoms with Crippen LogP contribution in [0, 0.1) is 12.7 Å². The lowest BCUT2D eigenvalue weighted by molar-refractivity contribution is 0.102. The summed E-state index contributed by atoms with van der Waals surface area (Å²) in [5.41, 5.74) is 2.53. The van der Waals surface area contributed by atoms with Crippen molar-refractivity contribution in [1.82, 2.24) is 0 Å². The SMILES string of the molecule is Cc1ccc(NC(=O)c2cc(F)ccc2O)cc1N(C)C. The van der Waals surface area contributed by atoms with Crippen molar-refractivity contribution in [2.45, 2.75) is 6.92 Å². The lowest BCUT2D eigenvalue weighted by atomic mass is 10.1. The number of rotatable bonds is 3. The molecule has 4 nitrogen and oxygen atoms in total. The number of nitrogens with one attached hydrogen (secondary N) is 1. The van der Waals surface area contributed by atoms with Crippen molar-refractivity contribution in [3.05, 3.63) is 53.3 Å². The molecule has 0 heterocycles. The van der Waals surface area contributed by atoms with Crippen molar-refractivity contribution in [2.24, 2.45) is 0 Å². The number of carbonyl (C=O) groups is 1. The Balaban J connectivity index is 2.27. The van der Waals surface area contributed by atoms with Gasteiger partial charge in [0, 0.05) is 25.5 Å². The second-order valence-corrected chi connectivity index (χ2v) is 5.01. The summed E-state index contributed by atoms with van der Waals surface area (Å²) in [7, 11) is 3.82. The molecule has 2 aromatic rings. The quantitative estimate of drug-likeness (QED) is 0.912. The van der Waals surface area contributed by atoms with Crippen LogP contribution in [0.3, 0.4) is 0 Å². The van der Waals surface area contributed by atoms with Gasteiger partial charge in [0.2, 0.25) is 0 Å². The molecule has 0 aliphatic rings. The third-order valence-corrected chi connectivity index (χ3v) is 3.15. The predicted molar refractivity (Wildman–Crippen MR) is 81.5 cm³/mol. The molecule has 110 valence electrons. The fourth-order valence-corrected chi connectivity index (χ4v) is 2.06. The van der Waals surface area contributed by atoms with E-state index in [1.165, 1.54) is 0 Å². The molecule has 21 heavy (non-hydrogen) atoms. The van der Waals surface area contributed by atoms with E-state index >= 15 is 0 Å². The molecule has 2 rings (SSSR count). The Bertz CT molecular complexity index is 684. The third kappa shape index (κ3) is 3.31. The first-order chi connectivity index (χ1) is 9.88. The highest BCUT2D eigenvalue weighted by atomic mass is 19.1. The molecule has 0 aliphatic carbocycles. The number of hydrogen-bond donors (Lipinski definition) is 2. The van der Waals surface area contributed by atoms with Gasteiger partial charge in [0.25, 0.3) is 5.91 Å². The minimum absolute atomic E-state index is 0.0954. The summed E-state index contributed by atoms with van der Waals surface area (Å²) in [5.74, 6) is -1.38. The molecule has 0 saturated heterocycles. The zero-order valence-corrected chi connectivity index (χ0v) is 12.1. The summed E-state index contributed by atoms with van der Waals surface area (Å²) in [6.07, 6.45) is 0. The van der Waals surface area contributed by atoms with Crippen LogP contribution in [0.15, 0.2) is 36.4 Å². The molecule has 0 radical (unpaired) electrons. The van der Waals surface area contributed by atoms with E-state index in [2.05, 4.69) is 5.32 Å². The monoisotopic (exact) mass is 288 g/mol. The van der Waals surface area contributed by atoms with Gasteiger partial charge in [0.1, 0.15) is 11.6 Å². The van der Waals surface area contributed by atoms with Crippen molar-refractivity contribution in [1.29, 1.82) is 0 Å². The van der Waals surface area contributed by atoms with Gasteiger partial charge >= 0.3 is 0 Å². The number of carbonyl (C=O) groups excluding carboxylic acids is 1. The number of halogens is 1. The topological polar surface area (TPSA) is 52.6 Å². The number of benzene rings is 2. The van der Waals surface area contributed by atoms with Crippen molar-refractivity contribution in [3.63, 3.8) is 0 Å². The number of anilines is 2. The number of nitrogens with zero attached hydrogens (tertiary/aromatic N) is 1. The Hall–Kier alpha value is -2.56. The van der Waals surface area contributed by atoms with E-state index in [1.807, 2.05) is 38.1 Å². The first kappa shape index (κ1) is 14.8. The van der Waals surface area contributed by atoms with E-state index < -0.39 is 11.7 Å². The van der Waals surface area contributed by atoms with Gasteiger partial charge in [-0.25, -0.2) is 4.39 Å². The lowest BCUT2D eigenvalue weighted by Crippen LogP contribution is -2.14. The van der Waals surface area contributed by atoms with Crippen molar-refractivity contribution < 1.29 is 14.3 Å². The van der Waals surface area contributed by atoms with Gasteiger partial charge in [0.15, 0.2) is 0 Å². The lowest BCUT2D eigenvalue weighted by Gasteiger charge is -2.17. The van der Waals surface area contributed by atoms with Crippen LogP contribution in [0.4, 0.5) is 15.8 Å². The largest absolute Gasteiger partial charge is 0.507 e. The molecular formula is C16H17FN2O2. The Labute approximate surface area is 122 Å². The maximum atomic E-state index is 13.2. The molecule has 0 bridgehead atoms. The highest BCUT2D eigenvalue weighted by Crippen LogP contribution is 2.24. The zero-order valence-electron chi connectivity index (χ0n) is 12.1. The maximum Gasteiger partial charge on any atom is 0.259 e. The average Bonchev–Trinajstić information content (AvgIpc) is 2.43. The fourth-order valence-electron chi connectivity index (χ4n) is 2.06. The number of aromatic hydroxyl groups is 1. The first-order valence-electron chi connectivity index (χ1n) is 6.46. The molecule has 0 unspecified atom stereocenters. The highest BCUT2D eigenvalue weighted by molar-refractivity contribution is 6.06. The zero-order chi connectivity index (χ0) is 15.6. The van der Waals surface area contributed by atoms with Crippen LogP contribution >= 0.6 is 0 Å². The Morgan fingerprint density at radius 2 is 1.90 bits per heavy atom. The van der Waals surface area contributed by atoms with Crippen molar-refractivity contribution in [2.75, 3.05) is 24.3 Å². The van der Waals surface area contributed by atoms with Gasteiger partial charge in [-0.15, -0.1) is 0 Å². The molecule has 2 N–H and O–H groups in total. The van der Waals surface area contributed by atoms with E-state index in [4.69, 9.17) is 0 Å². The van der Waals surface area contributed by atoms with Crippen molar-refractivity contribution in [3.8, 4) is 5.75 Å². The third-order valence-electron chi connectivity index (χ3n) is 3.15. The number of phenolic OH excluding ortho intramolecular Hbond substituents is 1. The van der Waals surface area contributed by atoms with E-state index in [0.29, 0.717) is 5.69 Å². The van der Waals surface area contributed by atoms with Crippen LogP contribution in [0.2, 0.25) is 0 Å². The molecule has 0 fully saturated rings. The molecular weight excluding hydrogens is 271 g/mol. The second-order valence-electron chi connectivity index (χ2n) is 5.01. The van der Waals surface area contributed by atoms with Gasteiger partial charge in [-0.3, -0.25) is 4.79 Å². The first-order valence-corrected chi connectivity index (χ1v) is 6.46. The minimum Gasteiger partial charge on any atom is -0.507 e. The summed E-state index contributed by atoms with van der Waals surface area (Å²) in [6, 6.07) is 8.73. The Morgan fingerprint density at radius 1 is 1.19 bits per heavy atom. The number of hydrogen-bond acceptors (Lipinski definition) is 3. The maximum absolute atomic E-state index is 13.2. The normalized spacial score (nSPS) is 10.3. The predicted octanol–water partition coefficient (Wildman–Crippen LogP) is 3.16. The van der Waals surface area contributed by atoms with Crippen LogP contribution in [0.5, 0.6) is 5.75 Å². The van der Waals surface area contributed by atoms with Crippen LogP contribution < -0.4 is 10.2 Å². The number of phenols is 1. The van der Waals surface area contributed by atoms with E-state index in [1.54, 1.807) is 6.07 Å². The van der Waals surface area contributed by atoms with Gasteiger partial charge in [0.05, 0.1) is 5.56 Å². The average molecular weight is 288 g/mol. The number of aryl methyl sites for hydroxylation is 1. The fraction of sp³-hybridized carbons (Fsp3) is 0.188. The van der Waals surface area contributed by atoms with Gasteiger partial charge in [-0.1, -0.05) is 6.07 Å². The standard InChI is InChI=1S/C16H17FN2O2/c1-10-4-6-12(9-14(10)19(2)3)18-16(21)13-8-11(17)5-7-15(13)20/h4-9,20H,1-3H3,(H,18,21). The Kier molecular flexibility index (Phi) is 4.12. The molecule has 5 heteroatoms. The van der Waals surface area contributed by atoms with Gasteiger partial charge in [-0.05, 0) is 42.8 Å². The second kappa shape index (κ2) is 5.83. The molecule has 1 amide bonds. The summed E-state index contributed by atoms with van der Waals surface area (Å²) in [4.78, 5) is 14.0. The summed E-state index contributed by atoms with van der Waals surface area (Å²) < 4.78 is 13.2. The molecule has 0 aliphatic heterocycles.